The van der Waals surface area contributed by atoms with Crippen molar-refractivity contribution in [1.29, 1.82) is 5.26 Å². The van der Waals surface area contributed by atoms with E-state index in [2.05, 4.69) is 23.0 Å². The maximum atomic E-state index is 8.69. The van der Waals surface area contributed by atoms with Gasteiger partial charge in [-0.3, -0.25) is 9.88 Å². The fourth-order valence-electron chi connectivity index (χ4n) is 2.12. The first-order valence-electron chi connectivity index (χ1n) is 5.37. The van der Waals surface area contributed by atoms with E-state index in [1.54, 1.807) is 6.20 Å². The summed E-state index contributed by atoms with van der Waals surface area (Å²) in [5.74, 6) is 0. The third kappa shape index (κ3) is 2.16. The van der Waals surface area contributed by atoms with Gasteiger partial charge < -0.3 is 0 Å². The maximum absolute atomic E-state index is 8.69. The molecular weight excluding hydrogens is 186 g/mol. The quantitative estimate of drug-likeness (QED) is 0.698. The summed E-state index contributed by atoms with van der Waals surface area (Å²) in [5.41, 5.74) is 1.73. The monoisotopic (exact) mass is 201 g/mol. The fourth-order valence-corrected chi connectivity index (χ4v) is 2.12. The lowest BCUT2D eigenvalue weighted by Gasteiger charge is -2.31. The molecule has 0 saturated carbocycles. The molecule has 1 saturated heterocycles. The molecule has 15 heavy (non-hydrogen) atoms. The molecule has 0 radical (unpaired) electrons. The summed E-state index contributed by atoms with van der Waals surface area (Å²) >= 11 is 0. The standard InChI is InChI=1S/C12H15N3/c1-15-7-3-2-4-12(15)11-6-5-10(8-13)9-14-11/h5-6,9,12H,2-4,7H2,1H3. The summed E-state index contributed by atoms with van der Waals surface area (Å²) in [5, 5.41) is 8.69. The van der Waals surface area contributed by atoms with E-state index in [9.17, 15) is 0 Å². The minimum atomic E-state index is 0.437. The Bertz CT molecular complexity index is 363. The van der Waals surface area contributed by atoms with Crippen LogP contribution in [0.5, 0.6) is 0 Å². The zero-order chi connectivity index (χ0) is 10.7. The van der Waals surface area contributed by atoms with Gasteiger partial charge in [0.05, 0.1) is 17.3 Å². The van der Waals surface area contributed by atoms with Crippen LogP contribution in [-0.4, -0.2) is 23.5 Å². The molecular formula is C12H15N3. The second-order valence-corrected chi connectivity index (χ2v) is 4.08. The van der Waals surface area contributed by atoms with Crippen LogP contribution in [0.15, 0.2) is 18.3 Å². The predicted molar refractivity (Wildman–Crippen MR) is 58.2 cm³/mol. The van der Waals surface area contributed by atoms with E-state index in [0.717, 1.165) is 12.2 Å². The summed E-state index contributed by atoms with van der Waals surface area (Å²) in [7, 11) is 2.14. The van der Waals surface area contributed by atoms with E-state index < -0.39 is 0 Å². The Morgan fingerprint density at radius 1 is 1.47 bits per heavy atom. The van der Waals surface area contributed by atoms with Crippen molar-refractivity contribution in [3.05, 3.63) is 29.6 Å². The molecule has 2 rings (SSSR count). The molecule has 1 atom stereocenters. The molecule has 1 aliphatic rings. The first kappa shape index (κ1) is 10.1. The Morgan fingerprint density at radius 3 is 2.93 bits per heavy atom. The molecule has 0 aromatic carbocycles. The van der Waals surface area contributed by atoms with Gasteiger partial charge in [0.15, 0.2) is 0 Å². The van der Waals surface area contributed by atoms with Gasteiger partial charge in [0.25, 0.3) is 0 Å². The highest BCUT2D eigenvalue weighted by Crippen LogP contribution is 2.27. The van der Waals surface area contributed by atoms with Crippen molar-refractivity contribution in [2.45, 2.75) is 25.3 Å². The second kappa shape index (κ2) is 4.41. The average molecular weight is 201 g/mol. The second-order valence-electron chi connectivity index (χ2n) is 4.08. The van der Waals surface area contributed by atoms with Gasteiger partial charge in [-0.25, -0.2) is 0 Å². The van der Waals surface area contributed by atoms with Crippen LogP contribution in [0.25, 0.3) is 0 Å². The zero-order valence-corrected chi connectivity index (χ0v) is 8.98. The lowest BCUT2D eigenvalue weighted by molar-refractivity contribution is 0.183. The molecule has 1 unspecified atom stereocenters. The Labute approximate surface area is 90.4 Å². The highest BCUT2D eigenvalue weighted by atomic mass is 15.1. The van der Waals surface area contributed by atoms with Crippen LogP contribution in [0.2, 0.25) is 0 Å². The molecule has 3 nitrogen and oxygen atoms in total. The maximum Gasteiger partial charge on any atom is 0.101 e. The van der Waals surface area contributed by atoms with Crippen LogP contribution < -0.4 is 0 Å². The molecule has 0 amide bonds. The summed E-state index contributed by atoms with van der Waals surface area (Å²) in [6.07, 6.45) is 5.40. The lowest BCUT2D eigenvalue weighted by Crippen LogP contribution is -2.30. The van der Waals surface area contributed by atoms with E-state index in [4.69, 9.17) is 5.26 Å². The Morgan fingerprint density at radius 2 is 2.33 bits per heavy atom. The summed E-state index contributed by atoms with van der Waals surface area (Å²) in [6, 6.07) is 6.36. The number of aromatic nitrogens is 1. The van der Waals surface area contributed by atoms with Gasteiger partial charge >= 0.3 is 0 Å². The van der Waals surface area contributed by atoms with Crippen molar-refractivity contribution < 1.29 is 0 Å². The molecule has 0 N–H and O–H groups in total. The van der Waals surface area contributed by atoms with Crippen LogP contribution in [0.3, 0.4) is 0 Å². The first-order chi connectivity index (χ1) is 7.31. The first-order valence-corrected chi connectivity index (χ1v) is 5.37. The number of pyridine rings is 1. The van der Waals surface area contributed by atoms with Crippen LogP contribution in [0.1, 0.15) is 36.6 Å². The molecule has 0 bridgehead atoms. The van der Waals surface area contributed by atoms with Crippen molar-refractivity contribution >= 4 is 0 Å². The molecule has 78 valence electrons. The van der Waals surface area contributed by atoms with E-state index in [0.29, 0.717) is 11.6 Å². The minimum Gasteiger partial charge on any atom is -0.298 e. The third-order valence-electron chi connectivity index (χ3n) is 3.03. The van der Waals surface area contributed by atoms with E-state index in [1.807, 2.05) is 12.1 Å². The topological polar surface area (TPSA) is 39.9 Å². The van der Waals surface area contributed by atoms with Crippen molar-refractivity contribution in [2.75, 3.05) is 13.6 Å². The van der Waals surface area contributed by atoms with E-state index >= 15 is 0 Å². The number of nitriles is 1. The number of hydrogen-bond acceptors (Lipinski definition) is 3. The highest BCUT2D eigenvalue weighted by molar-refractivity contribution is 5.27. The van der Waals surface area contributed by atoms with Gasteiger partial charge in [-0.15, -0.1) is 0 Å². The van der Waals surface area contributed by atoms with Crippen LogP contribution in [0, 0.1) is 11.3 Å². The van der Waals surface area contributed by atoms with Gasteiger partial charge in [-0.1, -0.05) is 6.42 Å². The predicted octanol–water partition coefficient (Wildman–Crippen LogP) is 2.11. The molecule has 0 aliphatic carbocycles. The zero-order valence-electron chi connectivity index (χ0n) is 8.98. The van der Waals surface area contributed by atoms with Crippen molar-refractivity contribution in [3.63, 3.8) is 0 Å². The highest BCUT2D eigenvalue weighted by Gasteiger charge is 2.21. The van der Waals surface area contributed by atoms with Gasteiger partial charge in [0, 0.05) is 6.20 Å². The largest absolute Gasteiger partial charge is 0.298 e. The van der Waals surface area contributed by atoms with Crippen LogP contribution in [-0.2, 0) is 0 Å². The Balaban J connectivity index is 2.18. The van der Waals surface area contributed by atoms with Gasteiger partial charge in [0.2, 0.25) is 0 Å². The van der Waals surface area contributed by atoms with Crippen molar-refractivity contribution in [1.82, 2.24) is 9.88 Å². The SMILES string of the molecule is CN1CCCCC1c1ccc(C#N)cn1. The number of rotatable bonds is 1. The Hall–Kier alpha value is -1.40. The van der Waals surface area contributed by atoms with Crippen LogP contribution >= 0.6 is 0 Å². The number of hydrogen-bond donors (Lipinski definition) is 0. The average Bonchev–Trinajstić information content (AvgIpc) is 2.30. The smallest absolute Gasteiger partial charge is 0.101 e. The molecule has 1 aromatic rings. The van der Waals surface area contributed by atoms with Crippen molar-refractivity contribution in [3.8, 4) is 6.07 Å². The van der Waals surface area contributed by atoms with Gasteiger partial charge in [0.1, 0.15) is 6.07 Å². The van der Waals surface area contributed by atoms with E-state index in [-0.39, 0.29) is 0 Å². The molecule has 1 fully saturated rings. The fraction of sp³-hybridized carbons (Fsp3) is 0.500. The Kier molecular flexibility index (Phi) is 2.98. The summed E-state index contributed by atoms with van der Waals surface area (Å²) in [4.78, 5) is 6.70. The summed E-state index contributed by atoms with van der Waals surface area (Å²) in [6.45, 7) is 1.15. The minimum absolute atomic E-state index is 0.437. The third-order valence-corrected chi connectivity index (χ3v) is 3.03. The molecule has 1 aromatic heterocycles. The van der Waals surface area contributed by atoms with Crippen LogP contribution in [0.4, 0.5) is 0 Å². The number of likely N-dealkylation sites (tertiary alicyclic amines) is 1. The molecule has 1 aliphatic heterocycles. The normalized spacial score (nSPS) is 22.3. The van der Waals surface area contributed by atoms with Crippen molar-refractivity contribution in [2.24, 2.45) is 0 Å². The molecule has 0 spiro atoms. The molecule has 3 heteroatoms. The lowest BCUT2D eigenvalue weighted by atomic mass is 9.99. The van der Waals surface area contributed by atoms with Gasteiger partial charge in [-0.2, -0.15) is 5.26 Å². The number of nitrogens with zero attached hydrogens (tertiary/aromatic N) is 3. The molecule has 2 heterocycles. The summed E-state index contributed by atoms with van der Waals surface area (Å²) < 4.78 is 0. The van der Waals surface area contributed by atoms with Gasteiger partial charge in [-0.05, 0) is 38.6 Å². The number of piperidine rings is 1. The van der Waals surface area contributed by atoms with E-state index in [1.165, 1.54) is 19.3 Å².